The van der Waals surface area contributed by atoms with Crippen LogP contribution in [0.1, 0.15) is 30.5 Å². The highest BCUT2D eigenvalue weighted by Gasteiger charge is 2.11. The van der Waals surface area contributed by atoms with Crippen LogP contribution in [-0.2, 0) is 6.54 Å². The first kappa shape index (κ1) is 13.7. The maximum absolute atomic E-state index is 9.00. The van der Waals surface area contributed by atoms with Crippen molar-refractivity contribution >= 4 is 0 Å². The molecule has 1 N–H and O–H groups in total. The molecule has 92 valence electrons. The SMILES string of the molecule is Cc1ccc(C)c(CNCC(C#N)C(C)C)c1. The van der Waals surface area contributed by atoms with Crippen LogP contribution in [0.2, 0.25) is 0 Å². The van der Waals surface area contributed by atoms with Crippen molar-refractivity contribution < 1.29 is 0 Å². The lowest BCUT2D eigenvalue weighted by Crippen LogP contribution is -2.25. The maximum Gasteiger partial charge on any atom is 0.0671 e. The molecule has 0 saturated heterocycles. The number of hydrogen-bond donors (Lipinski definition) is 1. The van der Waals surface area contributed by atoms with Crippen molar-refractivity contribution in [2.75, 3.05) is 6.54 Å². The van der Waals surface area contributed by atoms with Crippen molar-refractivity contribution in [3.8, 4) is 6.07 Å². The van der Waals surface area contributed by atoms with E-state index in [4.69, 9.17) is 5.26 Å². The summed E-state index contributed by atoms with van der Waals surface area (Å²) < 4.78 is 0. The standard InChI is InChI=1S/C15H22N2/c1-11(2)15(8-16)10-17-9-14-7-12(3)5-6-13(14)4/h5-7,11,15,17H,9-10H2,1-4H3. The number of nitrogens with one attached hydrogen (secondary N) is 1. The van der Waals surface area contributed by atoms with Crippen molar-refractivity contribution in [1.29, 1.82) is 5.26 Å². The summed E-state index contributed by atoms with van der Waals surface area (Å²) in [5.74, 6) is 0.506. The Morgan fingerprint density at radius 3 is 2.59 bits per heavy atom. The molecule has 1 atom stereocenters. The monoisotopic (exact) mass is 230 g/mol. The van der Waals surface area contributed by atoms with Gasteiger partial charge < -0.3 is 5.32 Å². The third-order valence-corrected chi connectivity index (χ3v) is 3.15. The van der Waals surface area contributed by atoms with Gasteiger partial charge in [0.05, 0.1) is 12.0 Å². The van der Waals surface area contributed by atoms with E-state index in [0.29, 0.717) is 5.92 Å². The van der Waals surface area contributed by atoms with Crippen molar-refractivity contribution in [2.24, 2.45) is 11.8 Å². The summed E-state index contributed by atoms with van der Waals surface area (Å²) in [6, 6.07) is 8.84. The molecule has 2 nitrogen and oxygen atoms in total. The lowest BCUT2D eigenvalue weighted by molar-refractivity contribution is 0.441. The van der Waals surface area contributed by atoms with Gasteiger partial charge in [-0.05, 0) is 30.9 Å². The summed E-state index contributed by atoms with van der Waals surface area (Å²) in [6.07, 6.45) is 0. The van der Waals surface area contributed by atoms with Crippen molar-refractivity contribution in [3.63, 3.8) is 0 Å². The van der Waals surface area contributed by atoms with E-state index in [1.165, 1.54) is 16.7 Å². The van der Waals surface area contributed by atoms with E-state index in [-0.39, 0.29) is 5.92 Å². The average Bonchev–Trinajstić information content (AvgIpc) is 2.28. The number of hydrogen-bond acceptors (Lipinski definition) is 2. The second kappa shape index (κ2) is 6.42. The molecule has 0 aliphatic heterocycles. The minimum atomic E-state index is 0.0973. The van der Waals surface area contributed by atoms with Gasteiger partial charge in [-0.15, -0.1) is 0 Å². The second-order valence-electron chi connectivity index (χ2n) is 5.04. The molecule has 0 aliphatic rings. The van der Waals surface area contributed by atoms with Gasteiger partial charge >= 0.3 is 0 Å². The molecule has 0 amide bonds. The minimum absolute atomic E-state index is 0.0973. The third kappa shape index (κ3) is 4.20. The Morgan fingerprint density at radius 2 is 2.00 bits per heavy atom. The first-order valence-corrected chi connectivity index (χ1v) is 6.21. The summed E-state index contributed by atoms with van der Waals surface area (Å²) in [5.41, 5.74) is 3.92. The first-order valence-electron chi connectivity index (χ1n) is 6.21. The van der Waals surface area contributed by atoms with E-state index in [9.17, 15) is 0 Å². The Bertz CT molecular complexity index is 402. The molecular weight excluding hydrogens is 208 g/mol. The smallest absolute Gasteiger partial charge is 0.0671 e. The van der Waals surface area contributed by atoms with Crippen LogP contribution in [0.3, 0.4) is 0 Å². The number of nitriles is 1. The van der Waals surface area contributed by atoms with Gasteiger partial charge in [-0.2, -0.15) is 5.26 Å². The van der Waals surface area contributed by atoms with Crippen LogP contribution in [0.25, 0.3) is 0 Å². The summed E-state index contributed by atoms with van der Waals surface area (Å²) >= 11 is 0. The molecule has 0 aromatic heterocycles. The molecule has 1 rings (SSSR count). The van der Waals surface area contributed by atoms with E-state index < -0.39 is 0 Å². The molecule has 1 aromatic carbocycles. The molecule has 0 saturated carbocycles. The quantitative estimate of drug-likeness (QED) is 0.843. The van der Waals surface area contributed by atoms with Crippen LogP contribution in [0.5, 0.6) is 0 Å². The molecule has 17 heavy (non-hydrogen) atoms. The van der Waals surface area contributed by atoms with Crippen molar-refractivity contribution in [3.05, 3.63) is 34.9 Å². The predicted molar refractivity (Wildman–Crippen MR) is 71.6 cm³/mol. The van der Waals surface area contributed by atoms with Gasteiger partial charge in [0, 0.05) is 13.1 Å². The van der Waals surface area contributed by atoms with Crippen LogP contribution in [0, 0.1) is 37.0 Å². The van der Waals surface area contributed by atoms with Gasteiger partial charge in [0.2, 0.25) is 0 Å². The van der Waals surface area contributed by atoms with E-state index in [0.717, 1.165) is 13.1 Å². The van der Waals surface area contributed by atoms with E-state index >= 15 is 0 Å². The van der Waals surface area contributed by atoms with Crippen LogP contribution in [0.15, 0.2) is 18.2 Å². The molecule has 0 spiro atoms. The second-order valence-corrected chi connectivity index (χ2v) is 5.04. The van der Waals surface area contributed by atoms with Gasteiger partial charge in [0.15, 0.2) is 0 Å². The van der Waals surface area contributed by atoms with E-state index in [2.05, 4.69) is 57.3 Å². The molecular formula is C15H22N2. The molecule has 1 unspecified atom stereocenters. The fraction of sp³-hybridized carbons (Fsp3) is 0.533. The van der Waals surface area contributed by atoms with Gasteiger partial charge in [-0.1, -0.05) is 37.6 Å². The van der Waals surface area contributed by atoms with E-state index in [1.807, 2.05) is 0 Å². The molecule has 0 fully saturated rings. The Hall–Kier alpha value is -1.33. The van der Waals surface area contributed by atoms with Crippen LogP contribution in [0.4, 0.5) is 0 Å². The third-order valence-electron chi connectivity index (χ3n) is 3.15. The van der Waals surface area contributed by atoms with Gasteiger partial charge in [-0.3, -0.25) is 0 Å². The maximum atomic E-state index is 9.00. The molecule has 0 heterocycles. The normalized spacial score (nSPS) is 12.5. The van der Waals surface area contributed by atoms with Crippen LogP contribution >= 0.6 is 0 Å². The van der Waals surface area contributed by atoms with Gasteiger partial charge in [0.25, 0.3) is 0 Å². The van der Waals surface area contributed by atoms with E-state index in [1.54, 1.807) is 0 Å². The Labute approximate surface area is 105 Å². The number of nitrogens with zero attached hydrogens (tertiary/aromatic N) is 1. The van der Waals surface area contributed by atoms with Crippen molar-refractivity contribution in [1.82, 2.24) is 5.32 Å². The lowest BCUT2D eigenvalue weighted by atomic mass is 9.97. The summed E-state index contributed by atoms with van der Waals surface area (Å²) in [5, 5.41) is 12.4. The highest BCUT2D eigenvalue weighted by atomic mass is 14.9. The Balaban J connectivity index is 2.51. The highest BCUT2D eigenvalue weighted by molar-refractivity contribution is 5.30. The zero-order valence-corrected chi connectivity index (χ0v) is 11.2. The number of rotatable bonds is 5. The fourth-order valence-corrected chi connectivity index (χ4v) is 1.78. The molecule has 0 aliphatic carbocycles. The number of benzene rings is 1. The largest absolute Gasteiger partial charge is 0.311 e. The zero-order chi connectivity index (χ0) is 12.8. The average molecular weight is 230 g/mol. The van der Waals surface area contributed by atoms with Crippen LogP contribution < -0.4 is 5.32 Å². The first-order chi connectivity index (χ1) is 8.04. The van der Waals surface area contributed by atoms with Gasteiger partial charge in [0.1, 0.15) is 0 Å². The molecule has 2 heteroatoms. The van der Waals surface area contributed by atoms with Gasteiger partial charge in [-0.25, -0.2) is 0 Å². The molecule has 1 aromatic rings. The molecule has 0 bridgehead atoms. The topological polar surface area (TPSA) is 35.8 Å². The highest BCUT2D eigenvalue weighted by Crippen LogP contribution is 2.11. The Morgan fingerprint density at radius 1 is 1.29 bits per heavy atom. The summed E-state index contributed by atoms with van der Waals surface area (Å²) in [7, 11) is 0. The Kier molecular flexibility index (Phi) is 5.18. The summed E-state index contributed by atoms with van der Waals surface area (Å²) in [6.45, 7) is 10.0. The zero-order valence-electron chi connectivity index (χ0n) is 11.2. The molecule has 0 radical (unpaired) electrons. The lowest BCUT2D eigenvalue weighted by Gasteiger charge is -2.14. The van der Waals surface area contributed by atoms with Crippen LogP contribution in [-0.4, -0.2) is 6.54 Å². The van der Waals surface area contributed by atoms with Crippen molar-refractivity contribution in [2.45, 2.75) is 34.2 Å². The summed E-state index contributed by atoms with van der Waals surface area (Å²) in [4.78, 5) is 0. The number of aryl methyl sites for hydroxylation is 2. The minimum Gasteiger partial charge on any atom is -0.311 e. The fourth-order valence-electron chi connectivity index (χ4n) is 1.78. The predicted octanol–water partition coefficient (Wildman–Crippen LogP) is 3.19.